The van der Waals surface area contributed by atoms with Gasteiger partial charge in [0.1, 0.15) is 0 Å². The van der Waals surface area contributed by atoms with Gasteiger partial charge in [0.05, 0.1) is 0 Å². The third-order valence-corrected chi connectivity index (χ3v) is 2.94. The van der Waals surface area contributed by atoms with Crippen LogP contribution in [0.1, 0.15) is 43.5 Å². The van der Waals surface area contributed by atoms with E-state index in [9.17, 15) is 4.79 Å². The number of Topliss-reactive ketones (excluding diaryl/α,β-unsaturated/α-hetero) is 1. The zero-order chi connectivity index (χ0) is 12.1. The lowest BCUT2D eigenvalue weighted by Crippen LogP contribution is -2.06. The average molecular weight is 259 g/mol. The molecule has 0 saturated heterocycles. The van der Waals surface area contributed by atoms with Crippen LogP contribution in [0.25, 0.3) is 0 Å². The highest BCUT2D eigenvalue weighted by Gasteiger charge is 2.12. The molecular formula is C13H16Cl2O. The number of hydrogen-bond donors (Lipinski definition) is 0. The Morgan fingerprint density at radius 3 is 2.31 bits per heavy atom. The molecule has 1 aromatic carbocycles. The lowest BCUT2D eigenvalue weighted by molar-refractivity contribution is 0.0962. The Hall–Kier alpha value is -0.530. The van der Waals surface area contributed by atoms with E-state index in [0.717, 1.165) is 12.8 Å². The maximum Gasteiger partial charge on any atom is 0.163 e. The molecule has 0 N–H and O–H groups in total. The molecule has 0 bridgehead atoms. The van der Waals surface area contributed by atoms with E-state index >= 15 is 0 Å². The third-order valence-electron chi connectivity index (χ3n) is 2.50. The van der Waals surface area contributed by atoms with Crippen molar-refractivity contribution in [3.05, 3.63) is 33.8 Å². The molecule has 0 aromatic heterocycles. The van der Waals surface area contributed by atoms with Crippen LogP contribution >= 0.6 is 23.2 Å². The predicted molar refractivity (Wildman–Crippen MR) is 69.5 cm³/mol. The van der Waals surface area contributed by atoms with Gasteiger partial charge in [-0.3, -0.25) is 4.79 Å². The fourth-order valence-electron chi connectivity index (χ4n) is 1.74. The molecule has 3 heteroatoms. The van der Waals surface area contributed by atoms with Gasteiger partial charge in [-0.2, -0.15) is 0 Å². The second-order valence-electron chi connectivity index (χ2n) is 4.18. The van der Waals surface area contributed by atoms with E-state index in [1.807, 2.05) is 0 Å². The van der Waals surface area contributed by atoms with Crippen molar-refractivity contribution in [3.63, 3.8) is 0 Å². The number of benzene rings is 1. The summed E-state index contributed by atoms with van der Waals surface area (Å²) in [6.45, 7) is 4.21. The van der Waals surface area contributed by atoms with E-state index in [2.05, 4.69) is 13.8 Å². The van der Waals surface area contributed by atoms with Crippen molar-refractivity contribution in [3.8, 4) is 0 Å². The van der Waals surface area contributed by atoms with E-state index in [0.29, 0.717) is 27.9 Å². The lowest BCUT2D eigenvalue weighted by atomic mass is 9.96. The molecule has 0 heterocycles. The summed E-state index contributed by atoms with van der Waals surface area (Å²) < 4.78 is 0. The summed E-state index contributed by atoms with van der Waals surface area (Å²) >= 11 is 11.7. The minimum Gasteiger partial charge on any atom is -0.294 e. The normalized spacial score (nSPS) is 12.5. The molecule has 0 fully saturated rings. The van der Waals surface area contributed by atoms with Gasteiger partial charge in [-0.1, -0.05) is 49.9 Å². The number of ketones is 1. The molecule has 0 aliphatic rings. The van der Waals surface area contributed by atoms with Crippen molar-refractivity contribution in [1.82, 2.24) is 0 Å². The Balaban J connectivity index is 2.72. The second-order valence-corrected chi connectivity index (χ2v) is 5.05. The van der Waals surface area contributed by atoms with Crippen molar-refractivity contribution in [1.29, 1.82) is 0 Å². The van der Waals surface area contributed by atoms with Crippen LogP contribution in [-0.2, 0) is 0 Å². The van der Waals surface area contributed by atoms with E-state index < -0.39 is 0 Å². The molecule has 0 saturated carbocycles. The highest BCUT2D eigenvalue weighted by molar-refractivity contribution is 6.35. The maximum absolute atomic E-state index is 11.9. The molecule has 16 heavy (non-hydrogen) atoms. The molecule has 0 radical (unpaired) electrons. The fourth-order valence-corrected chi connectivity index (χ4v) is 2.27. The molecule has 1 nitrogen and oxygen atoms in total. The summed E-state index contributed by atoms with van der Waals surface area (Å²) in [5, 5.41) is 1.03. The average Bonchev–Trinajstić information content (AvgIpc) is 2.16. The van der Waals surface area contributed by atoms with Gasteiger partial charge < -0.3 is 0 Å². The predicted octanol–water partition coefficient (Wildman–Crippen LogP) is 5.00. The van der Waals surface area contributed by atoms with Crippen molar-refractivity contribution in [2.24, 2.45) is 5.92 Å². The Labute approximate surface area is 107 Å². The van der Waals surface area contributed by atoms with Crippen LogP contribution in [-0.4, -0.2) is 5.78 Å². The van der Waals surface area contributed by atoms with Gasteiger partial charge in [0.2, 0.25) is 0 Å². The number of rotatable bonds is 5. The summed E-state index contributed by atoms with van der Waals surface area (Å²) in [7, 11) is 0. The quantitative estimate of drug-likeness (QED) is 0.680. The minimum atomic E-state index is 0.116. The Morgan fingerprint density at radius 1 is 1.25 bits per heavy atom. The first-order chi connectivity index (χ1) is 7.52. The number of hydrogen-bond acceptors (Lipinski definition) is 1. The number of carbonyl (C=O) groups is 1. The highest BCUT2D eigenvalue weighted by atomic mass is 35.5. The van der Waals surface area contributed by atoms with Gasteiger partial charge in [0.25, 0.3) is 0 Å². The van der Waals surface area contributed by atoms with Crippen molar-refractivity contribution >= 4 is 29.0 Å². The van der Waals surface area contributed by atoms with Gasteiger partial charge in [0.15, 0.2) is 5.78 Å². The minimum absolute atomic E-state index is 0.116. The summed E-state index contributed by atoms with van der Waals surface area (Å²) in [6, 6.07) is 4.98. The Bertz CT molecular complexity index is 354. The molecule has 88 valence electrons. The first-order valence-electron chi connectivity index (χ1n) is 5.52. The summed E-state index contributed by atoms with van der Waals surface area (Å²) in [5.41, 5.74) is 0.612. The van der Waals surface area contributed by atoms with Gasteiger partial charge in [-0.05, 0) is 24.1 Å². The number of halogens is 2. The summed E-state index contributed by atoms with van der Waals surface area (Å²) in [4.78, 5) is 11.9. The Morgan fingerprint density at radius 2 is 1.81 bits per heavy atom. The van der Waals surface area contributed by atoms with Crippen molar-refractivity contribution in [2.75, 3.05) is 0 Å². The lowest BCUT2D eigenvalue weighted by Gasteiger charge is -2.09. The van der Waals surface area contributed by atoms with Gasteiger partial charge in [-0.25, -0.2) is 0 Å². The van der Waals surface area contributed by atoms with Gasteiger partial charge in [0, 0.05) is 22.0 Å². The summed E-state index contributed by atoms with van der Waals surface area (Å²) in [5.74, 6) is 0.528. The molecule has 0 spiro atoms. The molecule has 1 rings (SSSR count). The standard InChI is InChI=1S/C13H16Cl2O/c1-3-4-9(2)5-13(16)10-6-11(14)8-12(15)7-10/h6-9H,3-5H2,1-2H3. The van der Waals surface area contributed by atoms with Crippen LogP contribution in [0.5, 0.6) is 0 Å². The topological polar surface area (TPSA) is 17.1 Å². The SMILES string of the molecule is CCCC(C)CC(=O)c1cc(Cl)cc(Cl)c1. The van der Waals surface area contributed by atoms with Crippen LogP contribution in [0, 0.1) is 5.92 Å². The van der Waals surface area contributed by atoms with Crippen LogP contribution in [0.3, 0.4) is 0 Å². The first kappa shape index (κ1) is 13.5. The molecule has 1 atom stereocenters. The first-order valence-corrected chi connectivity index (χ1v) is 6.27. The fraction of sp³-hybridized carbons (Fsp3) is 0.462. The molecular weight excluding hydrogens is 243 g/mol. The number of carbonyl (C=O) groups excluding carboxylic acids is 1. The van der Waals surface area contributed by atoms with Crippen molar-refractivity contribution < 1.29 is 4.79 Å². The van der Waals surface area contributed by atoms with E-state index in [1.165, 1.54) is 0 Å². The van der Waals surface area contributed by atoms with Crippen LogP contribution in [0.2, 0.25) is 10.0 Å². The molecule has 1 aromatic rings. The van der Waals surface area contributed by atoms with Crippen LogP contribution in [0.15, 0.2) is 18.2 Å². The summed E-state index contributed by atoms with van der Waals surface area (Å²) in [6.07, 6.45) is 2.73. The molecule has 1 unspecified atom stereocenters. The Kier molecular flexibility index (Phi) is 5.30. The zero-order valence-corrected chi connectivity index (χ0v) is 11.1. The van der Waals surface area contributed by atoms with Crippen molar-refractivity contribution in [2.45, 2.75) is 33.1 Å². The third kappa shape index (κ3) is 4.15. The monoisotopic (exact) mass is 258 g/mol. The maximum atomic E-state index is 11.9. The van der Waals surface area contributed by atoms with E-state index in [4.69, 9.17) is 23.2 Å². The zero-order valence-electron chi connectivity index (χ0n) is 9.59. The van der Waals surface area contributed by atoms with Gasteiger partial charge in [-0.15, -0.1) is 0 Å². The molecule has 0 amide bonds. The molecule has 0 aliphatic carbocycles. The van der Waals surface area contributed by atoms with E-state index in [1.54, 1.807) is 18.2 Å². The second kappa shape index (κ2) is 6.27. The smallest absolute Gasteiger partial charge is 0.163 e. The molecule has 0 aliphatic heterocycles. The van der Waals surface area contributed by atoms with Gasteiger partial charge >= 0.3 is 0 Å². The highest BCUT2D eigenvalue weighted by Crippen LogP contribution is 2.22. The van der Waals surface area contributed by atoms with Crippen LogP contribution < -0.4 is 0 Å². The van der Waals surface area contributed by atoms with Crippen LogP contribution in [0.4, 0.5) is 0 Å². The largest absolute Gasteiger partial charge is 0.294 e. The van der Waals surface area contributed by atoms with E-state index in [-0.39, 0.29) is 5.78 Å².